The lowest BCUT2D eigenvalue weighted by Crippen LogP contribution is -2.42. The third-order valence-corrected chi connectivity index (χ3v) is 3.66. The van der Waals surface area contributed by atoms with Crippen LogP contribution in [-0.2, 0) is 6.54 Å². The van der Waals surface area contributed by atoms with E-state index in [1.165, 1.54) is 17.5 Å². The summed E-state index contributed by atoms with van der Waals surface area (Å²) in [7, 11) is 2.17. The van der Waals surface area contributed by atoms with Crippen molar-refractivity contribution in [3.63, 3.8) is 0 Å². The van der Waals surface area contributed by atoms with Gasteiger partial charge in [0, 0.05) is 19.1 Å². The van der Waals surface area contributed by atoms with Crippen LogP contribution in [0.4, 0.5) is 0 Å². The molecule has 0 spiro atoms. The third-order valence-electron chi connectivity index (χ3n) is 3.66. The summed E-state index contributed by atoms with van der Waals surface area (Å²) < 4.78 is 0. The van der Waals surface area contributed by atoms with Gasteiger partial charge < -0.3 is 5.73 Å². The molecular formula is C15H26N2. The van der Waals surface area contributed by atoms with Crippen molar-refractivity contribution in [1.29, 1.82) is 0 Å². The zero-order valence-corrected chi connectivity index (χ0v) is 11.6. The van der Waals surface area contributed by atoms with E-state index >= 15 is 0 Å². The van der Waals surface area contributed by atoms with Gasteiger partial charge in [-0.15, -0.1) is 0 Å². The number of aryl methyl sites for hydroxylation is 1. The van der Waals surface area contributed by atoms with Gasteiger partial charge in [0.15, 0.2) is 0 Å². The van der Waals surface area contributed by atoms with Crippen molar-refractivity contribution in [1.82, 2.24) is 4.90 Å². The molecule has 2 unspecified atom stereocenters. The molecule has 1 aromatic carbocycles. The molecule has 2 N–H and O–H groups in total. The van der Waals surface area contributed by atoms with Crippen LogP contribution in [0.5, 0.6) is 0 Å². The summed E-state index contributed by atoms with van der Waals surface area (Å²) in [5.41, 5.74) is 8.56. The summed E-state index contributed by atoms with van der Waals surface area (Å²) in [6, 6.07) is 9.22. The van der Waals surface area contributed by atoms with Crippen molar-refractivity contribution in [3.8, 4) is 0 Å². The highest BCUT2D eigenvalue weighted by Crippen LogP contribution is 2.15. The van der Waals surface area contributed by atoms with E-state index in [0.29, 0.717) is 12.0 Å². The van der Waals surface area contributed by atoms with Crippen molar-refractivity contribution in [2.45, 2.75) is 39.8 Å². The standard InChI is InChI=1S/C15H26N2/c1-5-13(3)15(10-16)17(4)11-14-8-6-12(2)7-9-14/h6-9,13,15H,5,10-11,16H2,1-4H3. The molecule has 1 rings (SSSR count). The Morgan fingerprint density at radius 3 is 2.29 bits per heavy atom. The molecule has 0 bridgehead atoms. The quantitative estimate of drug-likeness (QED) is 0.820. The number of likely N-dealkylation sites (N-methyl/N-ethyl adjacent to an activating group) is 1. The van der Waals surface area contributed by atoms with Gasteiger partial charge in [-0.25, -0.2) is 0 Å². The van der Waals surface area contributed by atoms with Crippen molar-refractivity contribution in [3.05, 3.63) is 35.4 Å². The Balaban J connectivity index is 2.63. The Bertz CT molecular complexity index is 318. The van der Waals surface area contributed by atoms with Gasteiger partial charge in [0.05, 0.1) is 0 Å². The molecule has 2 nitrogen and oxygen atoms in total. The Kier molecular flexibility index (Phi) is 5.66. The van der Waals surface area contributed by atoms with Crippen LogP contribution in [0.1, 0.15) is 31.4 Å². The van der Waals surface area contributed by atoms with Crippen LogP contribution in [0.2, 0.25) is 0 Å². The highest BCUT2D eigenvalue weighted by Gasteiger charge is 2.18. The Morgan fingerprint density at radius 1 is 1.24 bits per heavy atom. The molecule has 0 aliphatic heterocycles. The van der Waals surface area contributed by atoms with Crippen LogP contribution in [0.3, 0.4) is 0 Å². The average Bonchev–Trinajstić information content (AvgIpc) is 2.32. The fourth-order valence-electron chi connectivity index (χ4n) is 2.22. The number of rotatable bonds is 6. The maximum Gasteiger partial charge on any atom is 0.0244 e. The number of nitrogens with two attached hydrogens (primary N) is 1. The molecule has 0 amide bonds. The Labute approximate surface area is 106 Å². The summed E-state index contributed by atoms with van der Waals surface area (Å²) in [4.78, 5) is 2.37. The van der Waals surface area contributed by atoms with Gasteiger partial charge in [0.1, 0.15) is 0 Å². The molecule has 2 heteroatoms. The molecule has 96 valence electrons. The molecule has 17 heavy (non-hydrogen) atoms. The summed E-state index contributed by atoms with van der Waals surface area (Å²) in [6.07, 6.45) is 1.18. The molecule has 0 saturated heterocycles. The summed E-state index contributed by atoms with van der Waals surface area (Å²) in [6.45, 7) is 8.34. The maximum absolute atomic E-state index is 5.89. The van der Waals surface area contributed by atoms with Crippen molar-refractivity contribution in [2.24, 2.45) is 11.7 Å². The number of benzene rings is 1. The predicted molar refractivity (Wildman–Crippen MR) is 74.9 cm³/mol. The fourth-order valence-corrected chi connectivity index (χ4v) is 2.22. The third kappa shape index (κ3) is 4.14. The molecule has 2 atom stereocenters. The smallest absolute Gasteiger partial charge is 0.0244 e. The largest absolute Gasteiger partial charge is 0.329 e. The first-order valence-corrected chi connectivity index (χ1v) is 6.54. The normalized spacial score (nSPS) is 14.9. The van der Waals surface area contributed by atoms with E-state index in [4.69, 9.17) is 5.73 Å². The van der Waals surface area contributed by atoms with E-state index in [-0.39, 0.29) is 0 Å². The maximum atomic E-state index is 5.89. The van der Waals surface area contributed by atoms with Crippen molar-refractivity contribution < 1.29 is 0 Å². The minimum atomic E-state index is 0.473. The lowest BCUT2D eigenvalue weighted by Gasteiger charge is -2.31. The van der Waals surface area contributed by atoms with Crippen LogP contribution < -0.4 is 5.73 Å². The minimum absolute atomic E-state index is 0.473. The topological polar surface area (TPSA) is 29.3 Å². The van der Waals surface area contributed by atoms with E-state index < -0.39 is 0 Å². The highest BCUT2D eigenvalue weighted by molar-refractivity contribution is 5.21. The SMILES string of the molecule is CCC(C)C(CN)N(C)Cc1ccc(C)cc1. The number of nitrogens with zero attached hydrogens (tertiary/aromatic N) is 1. The zero-order valence-electron chi connectivity index (χ0n) is 11.6. The van der Waals surface area contributed by atoms with Gasteiger partial charge in [-0.1, -0.05) is 50.1 Å². The van der Waals surface area contributed by atoms with Gasteiger partial charge in [-0.3, -0.25) is 4.90 Å². The van der Waals surface area contributed by atoms with Gasteiger partial charge in [0.25, 0.3) is 0 Å². The van der Waals surface area contributed by atoms with Gasteiger partial charge in [0.2, 0.25) is 0 Å². The Hall–Kier alpha value is -0.860. The second kappa shape index (κ2) is 6.77. The molecule has 0 fully saturated rings. The first-order valence-electron chi connectivity index (χ1n) is 6.54. The first-order chi connectivity index (χ1) is 8.08. The lowest BCUT2D eigenvalue weighted by atomic mass is 9.97. The molecule has 0 aromatic heterocycles. The molecule has 0 heterocycles. The second-order valence-electron chi connectivity index (χ2n) is 5.09. The number of hydrogen-bond acceptors (Lipinski definition) is 2. The lowest BCUT2D eigenvalue weighted by molar-refractivity contribution is 0.178. The van der Waals surface area contributed by atoms with E-state index in [9.17, 15) is 0 Å². The summed E-state index contributed by atoms with van der Waals surface area (Å²) in [5, 5.41) is 0. The van der Waals surface area contributed by atoms with Crippen LogP contribution in [0, 0.1) is 12.8 Å². The molecule has 0 saturated carbocycles. The molecule has 1 aromatic rings. The zero-order chi connectivity index (χ0) is 12.8. The van der Waals surface area contributed by atoms with Gasteiger partial charge in [-0.05, 0) is 25.5 Å². The van der Waals surface area contributed by atoms with E-state index in [1.54, 1.807) is 0 Å². The van der Waals surface area contributed by atoms with E-state index in [2.05, 4.69) is 57.0 Å². The average molecular weight is 234 g/mol. The Morgan fingerprint density at radius 2 is 1.82 bits per heavy atom. The van der Waals surface area contributed by atoms with Crippen LogP contribution in [0.25, 0.3) is 0 Å². The second-order valence-corrected chi connectivity index (χ2v) is 5.09. The van der Waals surface area contributed by atoms with Crippen molar-refractivity contribution in [2.75, 3.05) is 13.6 Å². The summed E-state index contributed by atoms with van der Waals surface area (Å²) in [5.74, 6) is 0.649. The summed E-state index contributed by atoms with van der Waals surface area (Å²) >= 11 is 0. The van der Waals surface area contributed by atoms with Gasteiger partial charge >= 0.3 is 0 Å². The number of hydrogen-bond donors (Lipinski definition) is 1. The molecule has 0 aliphatic rings. The van der Waals surface area contributed by atoms with Crippen LogP contribution in [0.15, 0.2) is 24.3 Å². The van der Waals surface area contributed by atoms with Gasteiger partial charge in [-0.2, -0.15) is 0 Å². The first kappa shape index (κ1) is 14.2. The predicted octanol–water partition coefficient (Wildman–Crippen LogP) is 2.80. The molecular weight excluding hydrogens is 208 g/mol. The highest BCUT2D eigenvalue weighted by atomic mass is 15.1. The molecule has 0 radical (unpaired) electrons. The van der Waals surface area contributed by atoms with E-state index in [1.807, 2.05) is 0 Å². The van der Waals surface area contributed by atoms with Crippen LogP contribution in [-0.4, -0.2) is 24.5 Å². The minimum Gasteiger partial charge on any atom is -0.329 e. The molecule has 0 aliphatic carbocycles. The van der Waals surface area contributed by atoms with Crippen molar-refractivity contribution >= 4 is 0 Å². The van der Waals surface area contributed by atoms with E-state index in [0.717, 1.165) is 13.1 Å². The monoisotopic (exact) mass is 234 g/mol. The fraction of sp³-hybridized carbons (Fsp3) is 0.600. The van der Waals surface area contributed by atoms with Crippen LogP contribution >= 0.6 is 0 Å².